The van der Waals surface area contributed by atoms with Gasteiger partial charge in [-0.2, -0.15) is 0 Å². The Morgan fingerprint density at radius 2 is 1.56 bits per heavy atom. The Morgan fingerprint density at radius 3 is 2.07 bits per heavy atom. The number of carbonyl (C=O) groups is 3. The number of Topliss-reactive ketones (excluding diaryl/α,β-unsaturated/α-hetero) is 3. The van der Waals surface area contributed by atoms with Gasteiger partial charge in [0.25, 0.3) is 0 Å². The first-order valence-electron chi connectivity index (χ1n) is 15.0. The molecule has 2 fully saturated rings. The van der Waals surface area contributed by atoms with Gasteiger partial charge in [0.1, 0.15) is 16.7 Å². The van der Waals surface area contributed by atoms with Crippen LogP contribution in [0.15, 0.2) is 71.4 Å². The van der Waals surface area contributed by atoms with Crippen molar-refractivity contribution in [2.75, 3.05) is 0 Å². The molecule has 6 nitrogen and oxygen atoms in total. The van der Waals surface area contributed by atoms with Crippen molar-refractivity contribution in [1.82, 2.24) is 0 Å². The molecule has 0 spiro atoms. The van der Waals surface area contributed by atoms with Crippen LogP contribution in [0, 0.1) is 28.1 Å². The molecule has 2 aliphatic rings. The Bertz CT molecular complexity index is 1460. The topological polar surface area (TPSA) is 112 Å². The largest absolute Gasteiger partial charge is 0.506 e. The van der Waals surface area contributed by atoms with Gasteiger partial charge in [-0.3, -0.25) is 14.4 Å². The number of carbonyl (C=O) groups excluding carboxylic acids is 3. The van der Waals surface area contributed by atoms with E-state index in [1.807, 2.05) is 61.5 Å². The molecule has 43 heavy (non-hydrogen) atoms. The van der Waals surface area contributed by atoms with Gasteiger partial charge in [0, 0.05) is 5.56 Å². The van der Waals surface area contributed by atoms with Gasteiger partial charge >= 0.3 is 0 Å². The second-order valence-electron chi connectivity index (χ2n) is 13.9. The zero-order valence-electron chi connectivity index (χ0n) is 27.1. The lowest BCUT2D eigenvalue weighted by atomic mass is 9.38. The van der Waals surface area contributed by atoms with Crippen molar-refractivity contribution in [2.24, 2.45) is 28.1 Å². The summed E-state index contributed by atoms with van der Waals surface area (Å²) in [6, 6.07) is 3.63. The number of phenolic OH excluding ortho intramolecular Hbond substituents is 2. The number of allylic oxidation sites excluding steroid dienone is 7. The highest BCUT2D eigenvalue weighted by Crippen LogP contribution is 2.66. The predicted molar refractivity (Wildman–Crippen MR) is 172 cm³/mol. The fourth-order valence-electron chi connectivity index (χ4n) is 7.09. The third kappa shape index (κ3) is 5.81. The monoisotopic (exact) mass is 588 g/mol. The summed E-state index contributed by atoms with van der Waals surface area (Å²) in [5.41, 5.74) is -0.756. The third-order valence-corrected chi connectivity index (χ3v) is 9.81. The first-order valence-corrected chi connectivity index (χ1v) is 15.0. The molecule has 2 aliphatic carbocycles. The summed E-state index contributed by atoms with van der Waals surface area (Å²) in [6.07, 6.45) is 5.58. The zero-order chi connectivity index (χ0) is 32.7. The fourth-order valence-corrected chi connectivity index (χ4v) is 7.09. The molecule has 0 saturated heterocycles. The molecule has 1 aromatic rings. The van der Waals surface area contributed by atoms with Gasteiger partial charge in [0.15, 0.2) is 28.8 Å². The minimum atomic E-state index is -1.62. The molecule has 232 valence electrons. The second kappa shape index (κ2) is 12.1. The highest BCUT2D eigenvalue weighted by atomic mass is 16.3. The van der Waals surface area contributed by atoms with Gasteiger partial charge in [-0.15, -0.1) is 6.58 Å². The fraction of sp³-hybridized carbons (Fsp3) is 0.486. The van der Waals surface area contributed by atoms with Crippen LogP contribution in [-0.2, 0) is 14.4 Å². The number of ketones is 3. The molecule has 3 rings (SSSR count). The van der Waals surface area contributed by atoms with Crippen molar-refractivity contribution in [1.29, 1.82) is 0 Å². The van der Waals surface area contributed by atoms with Gasteiger partial charge in [0.05, 0.1) is 5.41 Å². The number of fused-ring (bicyclic) bond motifs is 2. The highest BCUT2D eigenvalue weighted by Gasteiger charge is 2.74. The molecule has 1 aromatic carbocycles. The van der Waals surface area contributed by atoms with Crippen molar-refractivity contribution >= 4 is 23.1 Å². The molecule has 6 heteroatoms. The van der Waals surface area contributed by atoms with Gasteiger partial charge in [-0.1, -0.05) is 54.9 Å². The number of aliphatic hydroxyl groups excluding tert-OH is 1. The number of hydrogen-bond donors (Lipinski definition) is 3. The Morgan fingerprint density at radius 1 is 0.953 bits per heavy atom. The molecule has 0 unspecified atom stereocenters. The van der Waals surface area contributed by atoms with Crippen molar-refractivity contribution < 1.29 is 29.7 Å². The number of benzene rings is 1. The van der Waals surface area contributed by atoms with Crippen LogP contribution >= 0.6 is 0 Å². The van der Waals surface area contributed by atoms with Crippen molar-refractivity contribution in [3.63, 3.8) is 0 Å². The van der Waals surface area contributed by atoms with Crippen LogP contribution in [0.2, 0.25) is 0 Å². The van der Waals surface area contributed by atoms with Gasteiger partial charge in [-0.25, -0.2) is 0 Å². The summed E-state index contributed by atoms with van der Waals surface area (Å²) in [5.74, 6) is -3.71. The van der Waals surface area contributed by atoms with Crippen LogP contribution in [0.4, 0.5) is 0 Å². The Balaban J connectivity index is 2.48. The number of phenols is 2. The number of aliphatic hydroxyl groups is 1. The predicted octanol–water partition coefficient (Wildman–Crippen LogP) is 8.37. The molecular formula is C37H48O6. The molecule has 2 saturated carbocycles. The highest BCUT2D eigenvalue weighted by molar-refractivity contribution is 6.41. The SMILES string of the molecule is C=C(C)C[C@@H](C[C@]12C[C@H](CC=C(C)C)C(C)(C)[C@](CC=C(C)C)(C(=O)C(=C(O)c3ccc(O)c(O)c3)C1=O)C2=O)C(=C)C. The molecular weight excluding hydrogens is 540 g/mol. The average Bonchev–Trinajstić information content (AvgIpc) is 2.89. The molecule has 2 bridgehead atoms. The summed E-state index contributed by atoms with van der Waals surface area (Å²) in [5, 5.41) is 31.7. The molecule has 0 heterocycles. The number of rotatable bonds is 10. The van der Waals surface area contributed by atoms with Gasteiger partial charge < -0.3 is 15.3 Å². The lowest BCUT2D eigenvalue weighted by Crippen LogP contribution is -2.69. The minimum Gasteiger partial charge on any atom is -0.506 e. The lowest BCUT2D eigenvalue weighted by molar-refractivity contribution is -0.177. The van der Waals surface area contributed by atoms with E-state index in [0.717, 1.165) is 28.4 Å². The first kappa shape index (κ1) is 33.8. The second-order valence-corrected chi connectivity index (χ2v) is 13.9. The van der Waals surface area contributed by atoms with E-state index in [2.05, 4.69) is 19.2 Å². The molecule has 0 aromatic heterocycles. The van der Waals surface area contributed by atoms with E-state index in [9.17, 15) is 24.9 Å². The van der Waals surface area contributed by atoms with Crippen molar-refractivity contribution in [3.05, 3.63) is 76.9 Å². The van der Waals surface area contributed by atoms with E-state index < -0.39 is 50.6 Å². The lowest BCUT2D eigenvalue weighted by Gasteiger charge is -2.60. The van der Waals surface area contributed by atoms with Crippen molar-refractivity contribution in [2.45, 2.75) is 87.5 Å². The molecule has 0 amide bonds. The quantitative estimate of drug-likeness (QED) is 0.0632. The standard InChI is InChI=1S/C37H48O6/c1-21(2)11-13-27-20-36(19-26(24(7)8)17-23(5)6)32(41)30(31(40)25-12-14-28(38)29(39)18-25)33(42)37(34(36)43,35(27,9)10)16-15-22(3)4/h11-12,14-15,18,26-27,38-40H,5,7,13,16-17,19-20H2,1-4,6,8-10H3/t26-,27-,36-,37+/m0/s1. The zero-order valence-corrected chi connectivity index (χ0v) is 27.1. The van der Waals surface area contributed by atoms with E-state index in [1.54, 1.807) is 0 Å². The van der Waals surface area contributed by atoms with Gasteiger partial charge in [-0.05, 0) is 109 Å². The number of hydrogen-bond acceptors (Lipinski definition) is 6. The van der Waals surface area contributed by atoms with Crippen LogP contribution in [0.5, 0.6) is 11.5 Å². The minimum absolute atomic E-state index is 0.00391. The molecule has 0 radical (unpaired) electrons. The maximum absolute atomic E-state index is 15.1. The van der Waals surface area contributed by atoms with E-state index in [1.165, 1.54) is 12.1 Å². The van der Waals surface area contributed by atoms with E-state index in [-0.39, 0.29) is 42.4 Å². The van der Waals surface area contributed by atoms with Crippen LogP contribution < -0.4 is 0 Å². The van der Waals surface area contributed by atoms with Crippen molar-refractivity contribution in [3.8, 4) is 11.5 Å². The Labute approximate surface area is 256 Å². The summed E-state index contributed by atoms with van der Waals surface area (Å²) in [4.78, 5) is 44.8. The maximum atomic E-state index is 15.1. The molecule has 3 N–H and O–H groups in total. The van der Waals surface area contributed by atoms with E-state index in [4.69, 9.17) is 0 Å². The summed E-state index contributed by atoms with van der Waals surface area (Å²) < 4.78 is 0. The van der Waals surface area contributed by atoms with Crippen LogP contribution in [0.3, 0.4) is 0 Å². The van der Waals surface area contributed by atoms with Crippen LogP contribution in [0.25, 0.3) is 5.76 Å². The third-order valence-electron chi connectivity index (χ3n) is 9.81. The molecule has 4 atom stereocenters. The normalized spacial score (nSPS) is 26.4. The van der Waals surface area contributed by atoms with E-state index >= 15 is 4.79 Å². The van der Waals surface area contributed by atoms with Crippen LogP contribution in [-0.4, -0.2) is 32.7 Å². The van der Waals surface area contributed by atoms with Crippen LogP contribution in [0.1, 0.15) is 93.1 Å². The first-order chi connectivity index (χ1) is 19.8. The summed E-state index contributed by atoms with van der Waals surface area (Å²) in [7, 11) is 0. The summed E-state index contributed by atoms with van der Waals surface area (Å²) >= 11 is 0. The van der Waals surface area contributed by atoms with E-state index in [0.29, 0.717) is 12.8 Å². The number of aromatic hydroxyl groups is 2. The Hall–Kier alpha value is -3.67. The Kier molecular flexibility index (Phi) is 9.55. The van der Waals surface area contributed by atoms with Gasteiger partial charge in [0.2, 0.25) is 0 Å². The average molecular weight is 589 g/mol. The smallest absolute Gasteiger partial charge is 0.184 e. The summed E-state index contributed by atoms with van der Waals surface area (Å²) in [6.45, 7) is 23.7. The molecule has 0 aliphatic heterocycles. The maximum Gasteiger partial charge on any atom is 0.184 e.